The maximum Gasteiger partial charge on any atom is 0.264 e. The molecule has 1 N–H and O–H groups in total. The molecule has 0 aromatic heterocycles. The Hall–Kier alpha value is -1.66. The number of hydrogen-bond donors (Lipinski definition) is 1. The highest BCUT2D eigenvalue weighted by molar-refractivity contribution is 7.86. The van der Waals surface area contributed by atoms with E-state index in [0.717, 1.165) is 13.2 Å². The van der Waals surface area contributed by atoms with E-state index < -0.39 is 73.5 Å². The summed E-state index contributed by atoms with van der Waals surface area (Å²) in [5.41, 5.74) is 0.701. The molecule has 0 bridgehead atoms. The van der Waals surface area contributed by atoms with Crippen LogP contribution in [-0.4, -0.2) is 87.2 Å². The molecule has 1 aromatic carbocycles. The molecule has 5 atom stereocenters. The molecule has 0 unspecified atom stereocenters. The lowest BCUT2D eigenvalue weighted by Crippen LogP contribution is -2.66. The summed E-state index contributed by atoms with van der Waals surface area (Å²) in [7, 11) is -12.5. The van der Waals surface area contributed by atoms with Crippen molar-refractivity contribution in [2.45, 2.75) is 44.2 Å². The average molecular weight is 546 g/mol. The number of carbonyl (C=O) groups excluding carboxylic acids is 1. The highest BCUT2D eigenvalue weighted by atomic mass is 32.2. The molecule has 16 heteroatoms. The van der Waals surface area contributed by atoms with Gasteiger partial charge in [0.2, 0.25) is 5.91 Å². The van der Waals surface area contributed by atoms with Gasteiger partial charge in [0, 0.05) is 6.92 Å². The Bertz CT molecular complexity index is 1150. The number of rotatable bonds is 11. The molecule has 194 valence electrons. The standard InChI is InChI=1S/C18H27NO12S3/c1-12(20)19-15-17(31-34(4,25)26)16(30-33(3,23)24)14(11-28-32(2,21)22)29-18(15)27-10-13-8-6-5-7-9-13/h5-9,14-18H,10-11H2,1-4H3,(H,19,20)/t14-,15-,16-,17+,18+/m1/s1. The summed E-state index contributed by atoms with van der Waals surface area (Å²) < 4.78 is 97.2. The molecule has 1 heterocycles. The van der Waals surface area contributed by atoms with Crippen LogP contribution in [0, 0.1) is 0 Å². The van der Waals surface area contributed by atoms with Crippen LogP contribution < -0.4 is 5.32 Å². The largest absolute Gasteiger partial charge is 0.346 e. The quantitative estimate of drug-likeness (QED) is 0.339. The highest BCUT2D eigenvalue weighted by Crippen LogP contribution is 2.30. The van der Waals surface area contributed by atoms with Gasteiger partial charge in [-0.15, -0.1) is 0 Å². The van der Waals surface area contributed by atoms with Crippen LogP contribution in [0.4, 0.5) is 0 Å². The van der Waals surface area contributed by atoms with Crippen LogP contribution in [0.2, 0.25) is 0 Å². The van der Waals surface area contributed by atoms with Gasteiger partial charge in [-0.3, -0.25) is 17.3 Å². The molecule has 1 aliphatic heterocycles. The number of ether oxygens (including phenoxy) is 2. The van der Waals surface area contributed by atoms with Gasteiger partial charge in [0.25, 0.3) is 30.4 Å². The fraction of sp³-hybridized carbons (Fsp3) is 0.611. The minimum Gasteiger partial charge on any atom is -0.346 e. The Morgan fingerprint density at radius 1 is 0.912 bits per heavy atom. The predicted molar refractivity (Wildman–Crippen MR) is 118 cm³/mol. The van der Waals surface area contributed by atoms with Gasteiger partial charge in [0.15, 0.2) is 6.29 Å². The first-order chi connectivity index (χ1) is 15.5. The van der Waals surface area contributed by atoms with E-state index in [2.05, 4.69) is 5.32 Å². The van der Waals surface area contributed by atoms with Crippen molar-refractivity contribution < 1.29 is 52.1 Å². The molecule has 1 aromatic rings. The van der Waals surface area contributed by atoms with Gasteiger partial charge in [-0.1, -0.05) is 30.3 Å². The van der Waals surface area contributed by atoms with Gasteiger partial charge in [-0.2, -0.15) is 25.3 Å². The summed E-state index contributed by atoms with van der Waals surface area (Å²) in [4.78, 5) is 11.9. The number of hydrogen-bond acceptors (Lipinski definition) is 12. The summed E-state index contributed by atoms with van der Waals surface area (Å²) in [5, 5.41) is 2.44. The monoisotopic (exact) mass is 545 g/mol. The normalized spacial score (nSPS) is 26.2. The molecule has 1 aliphatic rings. The van der Waals surface area contributed by atoms with Gasteiger partial charge in [0.05, 0.1) is 32.0 Å². The van der Waals surface area contributed by atoms with Crippen molar-refractivity contribution in [3.05, 3.63) is 35.9 Å². The third-order valence-electron chi connectivity index (χ3n) is 4.29. The molecule has 1 fully saturated rings. The summed E-state index contributed by atoms with van der Waals surface area (Å²) in [6.07, 6.45) is -4.12. The number of benzene rings is 1. The molecular formula is C18H27NO12S3. The third kappa shape index (κ3) is 9.91. The fourth-order valence-electron chi connectivity index (χ4n) is 3.15. The Morgan fingerprint density at radius 3 is 1.97 bits per heavy atom. The topological polar surface area (TPSA) is 178 Å². The van der Waals surface area contributed by atoms with E-state index in [9.17, 15) is 30.0 Å². The van der Waals surface area contributed by atoms with E-state index in [1.54, 1.807) is 30.3 Å². The number of nitrogens with one attached hydrogen (secondary N) is 1. The average Bonchev–Trinajstić information content (AvgIpc) is 2.66. The van der Waals surface area contributed by atoms with Crippen LogP contribution >= 0.6 is 0 Å². The molecule has 0 radical (unpaired) electrons. The van der Waals surface area contributed by atoms with Gasteiger partial charge in [0.1, 0.15) is 24.4 Å². The Morgan fingerprint density at radius 2 is 1.47 bits per heavy atom. The molecule has 0 aliphatic carbocycles. The van der Waals surface area contributed by atoms with Crippen LogP contribution in [-0.2, 0) is 63.8 Å². The van der Waals surface area contributed by atoms with Crippen LogP contribution in [0.3, 0.4) is 0 Å². The number of amides is 1. The van der Waals surface area contributed by atoms with Crippen LogP contribution in [0.15, 0.2) is 30.3 Å². The van der Waals surface area contributed by atoms with Crippen molar-refractivity contribution in [1.82, 2.24) is 5.32 Å². The summed E-state index contributed by atoms with van der Waals surface area (Å²) in [6.45, 7) is 0.335. The van der Waals surface area contributed by atoms with E-state index in [0.29, 0.717) is 18.1 Å². The van der Waals surface area contributed by atoms with Crippen molar-refractivity contribution >= 4 is 36.3 Å². The van der Waals surface area contributed by atoms with Gasteiger partial charge in [-0.25, -0.2) is 0 Å². The van der Waals surface area contributed by atoms with Crippen molar-refractivity contribution in [3.63, 3.8) is 0 Å². The molecule has 0 spiro atoms. The summed E-state index contributed by atoms with van der Waals surface area (Å²) in [5.74, 6) is -0.632. The molecule has 13 nitrogen and oxygen atoms in total. The summed E-state index contributed by atoms with van der Waals surface area (Å²) >= 11 is 0. The second-order valence-electron chi connectivity index (χ2n) is 7.58. The van der Waals surface area contributed by atoms with E-state index in [-0.39, 0.29) is 6.61 Å². The number of carbonyl (C=O) groups is 1. The van der Waals surface area contributed by atoms with Crippen molar-refractivity contribution in [3.8, 4) is 0 Å². The molecule has 2 rings (SSSR count). The lowest BCUT2D eigenvalue weighted by molar-refractivity contribution is -0.262. The SMILES string of the molecule is CC(=O)N[C@H]1[C@@H](OCc2ccccc2)O[C@H](COS(C)(=O)=O)[C@@H](OS(C)(=O)=O)[C@H]1OS(C)(=O)=O. The molecule has 1 amide bonds. The Kier molecular flexibility index (Phi) is 9.57. The van der Waals surface area contributed by atoms with E-state index in [4.69, 9.17) is 22.0 Å². The maximum atomic E-state index is 12.0. The molecule has 0 saturated carbocycles. The third-order valence-corrected chi connectivity index (χ3v) is 6.00. The van der Waals surface area contributed by atoms with Crippen molar-refractivity contribution in [2.24, 2.45) is 0 Å². The van der Waals surface area contributed by atoms with Crippen LogP contribution in [0.1, 0.15) is 12.5 Å². The lowest BCUT2D eigenvalue weighted by Gasteiger charge is -2.44. The van der Waals surface area contributed by atoms with E-state index >= 15 is 0 Å². The predicted octanol–water partition coefficient (Wildman–Crippen LogP) is -0.901. The zero-order valence-corrected chi connectivity index (χ0v) is 21.3. The van der Waals surface area contributed by atoms with E-state index in [1.807, 2.05) is 0 Å². The second kappa shape index (κ2) is 11.4. The first-order valence-electron chi connectivity index (χ1n) is 9.73. The van der Waals surface area contributed by atoms with Crippen LogP contribution in [0.25, 0.3) is 0 Å². The molecule has 34 heavy (non-hydrogen) atoms. The van der Waals surface area contributed by atoms with Crippen molar-refractivity contribution in [1.29, 1.82) is 0 Å². The second-order valence-corrected chi connectivity index (χ2v) is 12.4. The first kappa shape index (κ1) is 28.6. The lowest BCUT2D eigenvalue weighted by atomic mass is 9.97. The highest BCUT2D eigenvalue weighted by Gasteiger charge is 2.51. The minimum absolute atomic E-state index is 0.0512. The zero-order chi connectivity index (χ0) is 25.7. The fourth-order valence-corrected chi connectivity index (χ4v) is 4.80. The molecule has 1 saturated heterocycles. The maximum absolute atomic E-state index is 12.0. The van der Waals surface area contributed by atoms with Gasteiger partial charge in [-0.05, 0) is 5.56 Å². The van der Waals surface area contributed by atoms with Gasteiger partial charge < -0.3 is 14.8 Å². The first-order valence-corrected chi connectivity index (χ1v) is 15.2. The smallest absolute Gasteiger partial charge is 0.264 e. The molecular weight excluding hydrogens is 518 g/mol. The van der Waals surface area contributed by atoms with Crippen molar-refractivity contribution in [2.75, 3.05) is 25.4 Å². The summed E-state index contributed by atoms with van der Waals surface area (Å²) in [6, 6.07) is 7.39. The van der Waals surface area contributed by atoms with Gasteiger partial charge >= 0.3 is 0 Å². The zero-order valence-electron chi connectivity index (χ0n) is 18.8. The van der Waals surface area contributed by atoms with Crippen LogP contribution in [0.5, 0.6) is 0 Å². The van der Waals surface area contributed by atoms with E-state index in [1.165, 1.54) is 0 Å². The minimum atomic E-state index is -4.24. The Labute approximate surface area is 199 Å². The Balaban J connectivity index is 2.49.